The first kappa shape index (κ1) is 18.6. The summed E-state index contributed by atoms with van der Waals surface area (Å²) in [5.74, 6) is 0. The molecule has 0 saturated carbocycles. The Morgan fingerprint density at radius 3 is 1.17 bits per heavy atom. The predicted molar refractivity (Wildman–Crippen MR) is 97.6 cm³/mol. The molecule has 0 aromatic carbocycles. The van der Waals surface area contributed by atoms with Crippen molar-refractivity contribution in [2.45, 2.75) is 84.9 Å². The van der Waals surface area contributed by atoms with Crippen LogP contribution in [0.3, 0.4) is 0 Å². The molecular formula is C15H37B2P. The van der Waals surface area contributed by atoms with Crippen LogP contribution in [0.1, 0.15) is 69.2 Å². The van der Waals surface area contributed by atoms with Gasteiger partial charge in [-0.15, -0.1) is 0 Å². The number of hydrogen-bond acceptors (Lipinski definition) is 0. The Morgan fingerprint density at radius 1 is 0.722 bits per heavy atom. The molecule has 0 N–H and O–H groups in total. The molecule has 0 bridgehead atoms. The Hall–Kier alpha value is 0.560. The number of rotatable bonds is 2. The molecule has 18 heavy (non-hydrogen) atoms. The Bertz CT molecular complexity index is 273. The molecule has 1 atom stereocenters. The summed E-state index contributed by atoms with van der Waals surface area (Å²) >= 11 is 0. The summed E-state index contributed by atoms with van der Waals surface area (Å²) in [6, 6.07) is 0. The molecule has 3 heteroatoms. The van der Waals surface area contributed by atoms with E-state index in [1.165, 1.54) is 6.16 Å². The van der Waals surface area contributed by atoms with Gasteiger partial charge in [-0.3, -0.25) is 0 Å². The van der Waals surface area contributed by atoms with Crippen molar-refractivity contribution in [3.8, 4) is 0 Å². The van der Waals surface area contributed by atoms with E-state index < -0.39 is 7.14 Å². The maximum absolute atomic E-state index is 2.63. The molecule has 0 rings (SSSR count). The Morgan fingerprint density at radius 2 is 1.00 bits per heavy atom. The van der Waals surface area contributed by atoms with Gasteiger partial charge in [0.1, 0.15) is 0 Å². The molecule has 0 aliphatic heterocycles. The summed E-state index contributed by atoms with van der Waals surface area (Å²) in [5, 5.41) is 1.30. The van der Waals surface area contributed by atoms with Crippen LogP contribution in [0.2, 0.25) is 5.31 Å². The Kier molecular flexibility index (Phi) is 4.99. The summed E-state index contributed by atoms with van der Waals surface area (Å²) in [6.45, 7) is 24.4. The zero-order valence-electron chi connectivity index (χ0n) is 15.2. The van der Waals surface area contributed by atoms with Gasteiger partial charge in [0.25, 0.3) is 0 Å². The van der Waals surface area contributed by atoms with E-state index in [4.69, 9.17) is 0 Å². The molecule has 0 heterocycles. The zero-order valence-corrected chi connectivity index (χ0v) is 16.2. The second kappa shape index (κ2) is 4.83. The fraction of sp³-hybridized carbons (Fsp3) is 1.00. The van der Waals surface area contributed by atoms with Crippen LogP contribution < -0.4 is 0 Å². The molecule has 108 valence electrons. The minimum atomic E-state index is -1.40. The van der Waals surface area contributed by atoms with Gasteiger partial charge in [-0.2, -0.15) is 0 Å². The van der Waals surface area contributed by atoms with Crippen molar-refractivity contribution < 1.29 is 0 Å². The second-order valence-electron chi connectivity index (χ2n) is 10.1. The fourth-order valence-electron chi connectivity index (χ4n) is 2.80. The molecule has 0 aromatic rings. The SMILES string of the molecule is B[C@@](C)(C[PH](B)(C(C)(C)C)C(C)(C)C)C(C)(C)C. The molecule has 0 aliphatic rings. The van der Waals surface area contributed by atoms with E-state index in [2.05, 4.69) is 84.6 Å². The van der Waals surface area contributed by atoms with Crippen molar-refractivity contribution in [1.82, 2.24) is 0 Å². The molecule has 0 saturated heterocycles. The van der Waals surface area contributed by atoms with Crippen molar-refractivity contribution in [3.05, 3.63) is 0 Å². The molecule has 0 aromatic heterocycles. The van der Waals surface area contributed by atoms with Crippen molar-refractivity contribution in [2.24, 2.45) is 5.41 Å². The van der Waals surface area contributed by atoms with Crippen molar-refractivity contribution >= 4 is 22.6 Å². The second-order valence-corrected chi connectivity index (χ2v) is 16.2. The van der Waals surface area contributed by atoms with E-state index >= 15 is 0 Å². The molecule has 0 spiro atoms. The quantitative estimate of drug-likeness (QED) is 0.529. The van der Waals surface area contributed by atoms with E-state index in [9.17, 15) is 0 Å². The molecular weight excluding hydrogens is 233 g/mol. The topological polar surface area (TPSA) is 0 Å². The number of hydrogen-bond donors (Lipinski definition) is 0. The first-order valence-corrected chi connectivity index (χ1v) is 10.2. The van der Waals surface area contributed by atoms with Gasteiger partial charge < -0.3 is 0 Å². The van der Waals surface area contributed by atoms with Crippen molar-refractivity contribution in [1.29, 1.82) is 0 Å². The Labute approximate surface area is 119 Å². The van der Waals surface area contributed by atoms with Crippen molar-refractivity contribution in [2.75, 3.05) is 6.16 Å². The van der Waals surface area contributed by atoms with Gasteiger partial charge in [0.05, 0.1) is 0 Å². The first-order valence-electron chi connectivity index (χ1n) is 7.46. The normalized spacial score (nSPS) is 19.4. The summed E-state index contributed by atoms with van der Waals surface area (Å²) in [7, 11) is 3.70. The maximum atomic E-state index is 2.63. The van der Waals surface area contributed by atoms with Crippen LogP contribution in [0.4, 0.5) is 0 Å². The van der Waals surface area contributed by atoms with E-state index in [1.54, 1.807) is 0 Å². The standard InChI is InChI=1S/C15H37B2P/c1-12(2,3)15(10,16)11-18(17,13(4,5)6)14(7,8)9/h18H,11,16-17H2,1-10H3/t15-/m0/s1. The summed E-state index contributed by atoms with van der Waals surface area (Å²) in [5.41, 5.74) is 0.373. The van der Waals surface area contributed by atoms with Crippen LogP contribution in [0.25, 0.3) is 0 Å². The van der Waals surface area contributed by atoms with E-state index in [-0.39, 0.29) is 0 Å². The van der Waals surface area contributed by atoms with Gasteiger partial charge in [0, 0.05) is 0 Å². The van der Waals surface area contributed by atoms with E-state index in [0.29, 0.717) is 21.0 Å². The van der Waals surface area contributed by atoms with Gasteiger partial charge in [0.2, 0.25) is 0 Å². The van der Waals surface area contributed by atoms with E-state index in [0.717, 1.165) is 0 Å². The van der Waals surface area contributed by atoms with Crippen LogP contribution >= 0.6 is 7.14 Å². The van der Waals surface area contributed by atoms with Gasteiger partial charge in [-0.1, -0.05) is 0 Å². The van der Waals surface area contributed by atoms with Crippen LogP contribution in [-0.2, 0) is 0 Å². The molecule has 0 unspecified atom stereocenters. The summed E-state index contributed by atoms with van der Waals surface area (Å²) < 4.78 is 0. The van der Waals surface area contributed by atoms with Crippen molar-refractivity contribution in [3.63, 3.8) is 0 Å². The van der Waals surface area contributed by atoms with Crippen LogP contribution in [0, 0.1) is 5.41 Å². The third-order valence-corrected chi connectivity index (χ3v) is 14.3. The molecule has 0 fully saturated rings. The molecule has 0 nitrogen and oxygen atoms in total. The average Bonchev–Trinajstić information content (AvgIpc) is 1.95. The third-order valence-electron chi connectivity index (χ3n) is 6.14. The Balaban J connectivity index is 5.58. The van der Waals surface area contributed by atoms with Crippen LogP contribution in [0.15, 0.2) is 0 Å². The minimum absolute atomic E-state index is 0.373. The van der Waals surface area contributed by atoms with Gasteiger partial charge in [0.15, 0.2) is 0 Å². The van der Waals surface area contributed by atoms with E-state index in [1.807, 2.05) is 0 Å². The molecule has 0 amide bonds. The zero-order chi connectivity index (χ0) is 15.2. The first-order chi connectivity index (χ1) is 7.46. The predicted octanol–water partition coefficient (Wildman–Crippen LogP) is 3.74. The third kappa shape index (κ3) is 3.56. The monoisotopic (exact) mass is 270 g/mol. The fourth-order valence-corrected chi connectivity index (χ4v) is 8.41. The van der Waals surface area contributed by atoms with Gasteiger partial charge >= 0.3 is 119 Å². The average molecular weight is 270 g/mol. The summed E-state index contributed by atoms with van der Waals surface area (Å²) in [6.07, 6.45) is 1.40. The van der Waals surface area contributed by atoms with Crippen LogP contribution in [-0.4, -0.2) is 31.9 Å². The van der Waals surface area contributed by atoms with Gasteiger partial charge in [-0.25, -0.2) is 0 Å². The van der Waals surface area contributed by atoms with Crippen LogP contribution in [0.5, 0.6) is 0 Å². The summed E-state index contributed by atoms with van der Waals surface area (Å²) in [4.78, 5) is 0. The molecule has 0 aliphatic carbocycles. The van der Waals surface area contributed by atoms with Gasteiger partial charge in [-0.05, 0) is 0 Å². The molecule has 0 radical (unpaired) electrons.